The van der Waals surface area contributed by atoms with Crippen LogP contribution in [0.4, 0.5) is 5.00 Å². The van der Waals surface area contributed by atoms with Crippen molar-refractivity contribution in [3.63, 3.8) is 0 Å². The first kappa shape index (κ1) is 24.9. The molecular weight excluding hydrogens is 454 g/mol. The SMILES string of the molecule is CCOC(=O)c1c(-c2ccc(OC)cc2)csc1NC(=O)/C=C/c1ccc(OCC)c(OC)c1. The Hall–Kier alpha value is -3.78. The van der Waals surface area contributed by atoms with Gasteiger partial charge < -0.3 is 24.3 Å². The molecule has 1 heterocycles. The lowest BCUT2D eigenvalue weighted by Gasteiger charge is -2.09. The molecule has 178 valence electrons. The van der Waals surface area contributed by atoms with Gasteiger partial charge in [-0.25, -0.2) is 4.79 Å². The van der Waals surface area contributed by atoms with Crippen LogP contribution in [0.25, 0.3) is 17.2 Å². The molecule has 1 amide bonds. The number of hydrogen-bond donors (Lipinski definition) is 1. The number of amides is 1. The fourth-order valence-electron chi connectivity index (χ4n) is 3.23. The molecule has 0 bridgehead atoms. The van der Waals surface area contributed by atoms with Gasteiger partial charge in [-0.2, -0.15) is 0 Å². The Bertz CT molecular complexity index is 1170. The van der Waals surface area contributed by atoms with Crippen LogP contribution in [0.2, 0.25) is 0 Å². The van der Waals surface area contributed by atoms with Crippen LogP contribution in [0.3, 0.4) is 0 Å². The Morgan fingerprint density at radius 3 is 2.38 bits per heavy atom. The first-order chi connectivity index (χ1) is 16.5. The molecule has 0 unspecified atom stereocenters. The van der Waals surface area contributed by atoms with Gasteiger partial charge in [-0.1, -0.05) is 18.2 Å². The Morgan fingerprint density at radius 2 is 1.74 bits per heavy atom. The number of carbonyl (C=O) groups is 2. The summed E-state index contributed by atoms with van der Waals surface area (Å²) in [6, 6.07) is 12.7. The smallest absolute Gasteiger partial charge is 0.341 e. The van der Waals surface area contributed by atoms with Gasteiger partial charge in [0.15, 0.2) is 11.5 Å². The van der Waals surface area contributed by atoms with Crippen molar-refractivity contribution in [2.45, 2.75) is 13.8 Å². The van der Waals surface area contributed by atoms with Gasteiger partial charge in [0.25, 0.3) is 0 Å². The standard InChI is InChI=1S/C26H27NO6S/c1-5-32-21-13-7-17(15-22(21)31-4)8-14-23(28)27-25-24(26(29)33-6-2)20(16-34-25)18-9-11-19(30-3)12-10-18/h7-16H,5-6H2,1-4H3,(H,27,28)/b14-8+. The maximum Gasteiger partial charge on any atom is 0.341 e. The van der Waals surface area contributed by atoms with Crippen LogP contribution in [-0.4, -0.2) is 39.3 Å². The third-order valence-corrected chi connectivity index (χ3v) is 5.72. The van der Waals surface area contributed by atoms with Gasteiger partial charge in [-0.3, -0.25) is 4.79 Å². The molecule has 0 saturated carbocycles. The molecule has 0 saturated heterocycles. The molecule has 0 aliphatic carbocycles. The largest absolute Gasteiger partial charge is 0.497 e. The predicted octanol–water partition coefficient (Wildman–Crippen LogP) is 5.66. The zero-order chi connectivity index (χ0) is 24.5. The van der Waals surface area contributed by atoms with E-state index in [1.807, 2.05) is 42.6 Å². The average molecular weight is 482 g/mol. The molecule has 8 heteroatoms. The van der Waals surface area contributed by atoms with Gasteiger partial charge in [0.05, 0.1) is 27.4 Å². The first-order valence-corrected chi connectivity index (χ1v) is 11.6. The lowest BCUT2D eigenvalue weighted by molar-refractivity contribution is -0.111. The van der Waals surface area contributed by atoms with Crippen molar-refractivity contribution in [3.8, 4) is 28.4 Å². The van der Waals surface area contributed by atoms with Crippen LogP contribution < -0.4 is 19.5 Å². The molecule has 3 rings (SSSR count). The molecule has 7 nitrogen and oxygen atoms in total. The molecule has 34 heavy (non-hydrogen) atoms. The second-order valence-electron chi connectivity index (χ2n) is 6.97. The van der Waals surface area contributed by atoms with Crippen molar-refractivity contribution in [1.29, 1.82) is 0 Å². The number of anilines is 1. The van der Waals surface area contributed by atoms with E-state index in [1.54, 1.807) is 39.4 Å². The normalized spacial score (nSPS) is 10.7. The van der Waals surface area contributed by atoms with E-state index in [0.717, 1.165) is 11.1 Å². The van der Waals surface area contributed by atoms with Gasteiger partial charge >= 0.3 is 5.97 Å². The molecule has 0 spiro atoms. The minimum absolute atomic E-state index is 0.226. The van der Waals surface area contributed by atoms with Crippen molar-refractivity contribution in [3.05, 3.63) is 65.0 Å². The minimum atomic E-state index is -0.495. The summed E-state index contributed by atoms with van der Waals surface area (Å²) < 4.78 is 21.3. The highest BCUT2D eigenvalue weighted by atomic mass is 32.1. The number of rotatable bonds is 10. The molecule has 0 atom stereocenters. The summed E-state index contributed by atoms with van der Waals surface area (Å²) in [5.41, 5.74) is 2.59. The van der Waals surface area contributed by atoms with Crippen LogP contribution in [0, 0.1) is 0 Å². The number of thiophene rings is 1. The summed E-state index contributed by atoms with van der Waals surface area (Å²) in [5, 5.41) is 5.05. The number of esters is 1. The van der Waals surface area contributed by atoms with E-state index in [4.69, 9.17) is 18.9 Å². The van der Waals surface area contributed by atoms with Crippen molar-refractivity contribution in [2.75, 3.05) is 32.8 Å². The van der Waals surface area contributed by atoms with Crippen molar-refractivity contribution < 1.29 is 28.5 Å². The molecule has 3 aromatic rings. The van der Waals surface area contributed by atoms with E-state index in [-0.39, 0.29) is 12.5 Å². The van der Waals surface area contributed by atoms with Crippen molar-refractivity contribution >= 4 is 34.3 Å². The van der Waals surface area contributed by atoms with Gasteiger partial charge in [-0.05, 0) is 55.3 Å². The van der Waals surface area contributed by atoms with Gasteiger partial charge in [0, 0.05) is 17.0 Å². The van der Waals surface area contributed by atoms with Crippen LogP contribution in [0.5, 0.6) is 17.2 Å². The predicted molar refractivity (Wildman–Crippen MR) is 134 cm³/mol. The average Bonchev–Trinajstić information content (AvgIpc) is 3.27. The topological polar surface area (TPSA) is 83.1 Å². The van der Waals surface area contributed by atoms with E-state index >= 15 is 0 Å². The summed E-state index contributed by atoms with van der Waals surface area (Å²) in [6.07, 6.45) is 3.06. The third-order valence-electron chi connectivity index (χ3n) is 4.82. The first-order valence-electron chi connectivity index (χ1n) is 10.7. The van der Waals surface area contributed by atoms with E-state index in [9.17, 15) is 9.59 Å². The number of carbonyl (C=O) groups excluding carboxylic acids is 2. The molecule has 0 radical (unpaired) electrons. The van der Waals surface area contributed by atoms with Crippen LogP contribution in [-0.2, 0) is 9.53 Å². The summed E-state index contributed by atoms with van der Waals surface area (Å²) in [6.45, 7) is 4.38. The zero-order valence-corrected chi connectivity index (χ0v) is 20.4. The lowest BCUT2D eigenvalue weighted by Crippen LogP contribution is -2.12. The van der Waals surface area contributed by atoms with E-state index < -0.39 is 5.97 Å². The second kappa shape index (κ2) is 11.9. The fourth-order valence-corrected chi connectivity index (χ4v) is 4.19. The summed E-state index contributed by atoms with van der Waals surface area (Å²) in [4.78, 5) is 25.4. The molecular formula is C26H27NO6S. The van der Waals surface area contributed by atoms with Gasteiger partial charge in [0.2, 0.25) is 5.91 Å². The lowest BCUT2D eigenvalue weighted by atomic mass is 10.0. The minimum Gasteiger partial charge on any atom is -0.497 e. The number of ether oxygens (including phenoxy) is 4. The Kier molecular flexibility index (Phi) is 8.70. The Morgan fingerprint density at radius 1 is 0.971 bits per heavy atom. The monoisotopic (exact) mass is 481 g/mol. The highest BCUT2D eigenvalue weighted by Gasteiger charge is 2.22. The molecule has 2 aromatic carbocycles. The van der Waals surface area contributed by atoms with Crippen molar-refractivity contribution in [2.24, 2.45) is 0 Å². The zero-order valence-electron chi connectivity index (χ0n) is 19.5. The maximum absolute atomic E-state index is 12.7. The quantitative estimate of drug-likeness (QED) is 0.297. The summed E-state index contributed by atoms with van der Waals surface area (Å²) in [5.74, 6) is 1.06. The van der Waals surface area contributed by atoms with Crippen molar-refractivity contribution in [1.82, 2.24) is 0 Å². The number of hydrogen-bond acceptors (Lipinski definition) is 7. The third kappa shape index (κ3) is 5.96. The second-order valence-corrected chi connectivity index (χ2v) is 7.85. The van der Waals surface area contributed by atoms with Gasteiger partial charge in [-0.15, -0.1) is 11.3 Å². The maximum atomic E-state index is 12.7. The van der Waals surface area contributed by atoms with Crippen LogP contribution >= 0.6 is 11.3 Å². The fraction of sp³-hybridized carbons (Fsp3) is 0.231. The number of methoxy groups -OCH3 is 2. The Labute approximate surface area is 202 Å². The van der Waals surface area contributed by atoms with Gasteiger partial charge in [0.1, 0.15) is 16.3 Å². The van der Waals surface area contributed by atoms with Crippen LogP contribution in [0.15, 0.2) is 53.9 Å². The van der Waals surface area contributed by atoms with E-state index in [0.29, 0.717) is 40.0 Å². The molecule has 1 aromatic heterocycles. The molecule has 0 aliphatic heterocycles. The summed E-state index contributed by atoms with van der Waals surface area (Å²) in [7, 11) is 3.15. The molecule has 0 fully saturated rings. The number of nitrogens with one attached hydrogen (secondary N) is 1. The Balaban J connectivity index is 1.83. The number of benzene rings is 2. The van der Waals surface area contributed by atoms with E-state index in [1.165, 1.54) is 17.4 Å². The highest BCUT2D eigenvalue weighted by molar-refractivity contribution is 7.15. The summed E-state index contributed by atoms with van der Waals surface area (Å²) >= 11 is 1.26. The molecule has 0 aliphatic rings. The highest BCUT2D eigenvalue weighted by Crippen LogP contribution is 2.37. The van der Waals surface area contributed by atoms with Crippen LogP contribution in [0.1, 0.15) is 29.8 Å². The van der Waals surface area contributed by atoms with E-state index in [2.05, 4.69) is 5.32 Å². The molecule has 1 N–H and O–H groups in total.